The number of halogens is 2. The van der Waals surface area contributed by atoms with E-state index in [-0.39, 0.29) is 40.4 Å². The first-order chi connectivity index (χ1) is 16.9. The van der Waals surface area contributed by atoms with Crippen molar-refractivity contribution in [3.8, 4) is 11.6 Å². The molecule has 2 aromatic heterocycles. The highest BCUT2D eigenvalue weighted by Gasteiger charge is 2.25. The van der Waals surface area contributed by atoms with E-state index < -0.39 is 11.7 Å². The number of rotatable bonds is 8. The fourth-order valence-corrected chi connectivity index (χ4v) is 3.43. The predicted molar refractivity (Wildman–Crippen MR) is 125 cm³/mol. The Morgan fingerprint density at radius 1 is 1.29 bits per heavy atom. The molecule has 0 radical (unpaired) electrons. The highest BCUT2D eigenvalue weighted by molar-refractivity contribution is 6.31. The Labute approximate surface area is 203 Å². The van der Waals surface area contributed by atoms with E-state index in [2.05, 4.69) is 35.8 Å². The van der Waals surface area contributed by atoms with Gasteiger partial charge in [-0.3, -0.25) is 4.79 Å². The van der Waals surface area contributed by atoms with Crippen LogP contribution in [0.2, 0.25) is 5.02 Å². The number of aromatic nitrogens is 5. The third kappa shape index (κ3) is 5.11. The van der Waals surface area contributed by atoms with E-state index in [4.69, 9.17) is 22.1 Å². The summed E-state index contributed by atoms with van der Waals surface area (Å²) in [4.78, 5) is 12.8. The zero-order valence-electron chi connectivity index (χ0n) is 18.6. The van der Waals surface area contributed by atoms with E-state index in [1.807, 2.05) is 13.8 Å². The second-order valence-electron chi connectivity index (χ2n) is 7.59. The van der Waals surface area contributed by atoms with Crippen LogP contribution in [0.3, 0.4) is 0 Å². The third-order valence-corrected chi connectivity index (χ3v) is 5.24. The van der Waals surface area contributed by atoms with Crippen LogP contribution in [0.4, 0.5) is 10.2 Å². The number of para-hydroxylation sites is 1. The van der Waals surface area contributed by atoms with Crippen molar-refractivity contribution in [1.82, 2.24) is 30.7 Å². The molecule has 11 nitrogen and oxygen atoms in total. The summed E-state index contributed by atoms with van der Waals surface area (Å²) in [6.07, 6.45) is 1.40. The maximum Gasteiger partial charge on any atom is 0.293 e. The molecule has 0 fully saturated rings. The molecule has 0 bridgehead atoms. The number of anilines is 1. The standard InChI is InChI=1S/C22H20ClFN8O3/c1-12(2)19-18(27-31-32(19)21-20(25)29-35-30-21)22(33)28-26-10-13-6-3-4-9-17(13)34-11-14-15(23)7-5-8-16(14)24/h3-10,12H,11H2,1-2H3,(H2,25,29)(H,28,33). The number of hydrogen-bond donors (Lipinski definition) is 2. The van der Waals surface area contributed by atoms with E-state index in [0.29, 0.717) is 17.0 Å². The summed E-state index contributed by atoms with van der Waals surface area (Å²) < 4.78 is 25.7. The molecule has 0 spiro atoms. The Morgan fingerprint density at radius 3 is 2.80 bits per heavy atom. The van der Waals surface area contributed by atoms with Crippen molar-refractivity contribution >= 4 is 29.5 Å². The molecule has 0 saturated carbocycles. The van der Waals surface area contributed by atoms with Crippen LogP contribution >= 0.6 is 11.6 Å². The van der Waals surface area contributed by atoms with Gasteiger partial charge >= 0.3 is 0 Å². The van der Waals surface area contributed by atoms with Crippen molar-refractivity contribution in [1.29, 1.82) is 0 Å². The minimum Gasteiger partial charge on any atom is -0.488 e. The lowest BCUT2D eigenvalue weighted by atomic mass is 10.1. The van der Waals surface area contributed by atoms with Crippen molar-refractivity contribution in [2.75, 3.05) is 5.73 Å². The van der Waals surface area contributed by atoms with Gasteiger partial charge in [-0.1, -0.05) is 48.9 Å². The quantitative estimate of drug-likeness (QED) is 0.277. The van der Waals surface area contributed by atoms with E-state index in [0.717, 1.165) is 0 Å². The molecule has 4 aromatic rings. The Balaban J connectivity index is 1.49. The first-order valence-electron chi connectivity index (χ1n) is 10.4. The highest BCUT2D eigenvalue weighted by Crippen LogP contribution is 2.24. The Kier molecular flexibility index (Phi) is 7.01. The van der Waals surface area contributed by atoms with Crippen LogP contribution in [0.5, 0.6) is 5.75 Å². The largest absolute Gasteiger partial charge is 0.488 e. The van der Waals surface area contributed by atoms with Gasteiger partial charge in [0.1, 0.15) is 18.2 Å². The number of ether oxygens (including phenoxy) is 1. The van der Waals surface area contributed by atoms with Gasteiger partial charge in [-0.2, -0.15) is 9.78 Å². The Morgan fingerprint density at radius 2 is 2.09 bits per heavy atom. The molecular formula is C22H20ClFN8O3. The van der Waals surface area contributed by atoms with E-state index in [1.54, 1.807) is 30.3 Å². The number of benzene rings is 2. The SMILES string of the molecule is CC(C)c1c(C(=O)NN=Cc2ccccc2OCc2c(F)cccc2Cl)nnn1-c1nonc1N. The van der Waals surface area contributed by atoms with Gasteiger partial charge in [-0.15, -0.1) is 5.10 Å². The minimum atomic E-state index is -0.595. The van der Waals surface area contributed by atoms with Gasteiger partial charge in [-0.05, 0) is 40.5 Å². The molecule has 0 saturated heterocycles. The van der Waals surface area contributed by atoms with Crippen LogP contribution in [0.25, 0.3) is 5.82 Å². The first kappa shape index (κ1) is 23.8. The Hall–Kier alpha value is -4.32. The lowest BCUT2D eigenvalue weighted by Gasteiger charge is -2.11. The lowest BCUT2D eigenvalue weighted by molar-refractivity contribution is 0.0948. The summed E-state index contributed by atoms with van der Waals surface area (Å²) in [5, 5.41) is 19.4. The second-order valence-corrected chi connectivity index (χ2v) is 8.00. The van der Waals surface area contributed by atoms with Gasteiger partial charge in [0.05, 0.1) is 16.9 Å². The molecular weight excluding hydrogens is 479 g/mol. The van der Waals surface area contributed by atoms with Crippen LogP contribution in [0.15, 0.2) is 52.2 Å². The Bertz CT molecular complexity index is 1360. The fraction of sp³-hybridized carbons (Fsp3) is 0.182. The maximum atomic E-state index is 14.0. The number of nitrogens with one attached hydrogen (secondary N) is 1. The average molecular weight is 499 g/mol. The maximum absolute atomic E-state index is 14.0. The molecule has 1 amide bonds. The number of carbonyl (C=O) groups excluding carboxylic acids is 1. The van der Waals surface area contributed by atoms with Crippen molar-refractivity contribution in [3.05, 3.63) is 75.8 Å². The van der Waals surface area contributed by atoms with Crippen LogP contribution in [-0.2, 0) is 6.61 Å². The molecule has 0 aliphatic carbocycles. The molecule has 0 aliphatic heterocycles. The number of hydrogen-bond acceptors (Lipinski definition) is 9. The number of carbonyl (C=O) groups is 1. The molecule has 13 heteroatoms. The van der Waals surface area contributed by atoms with Gasteiger partial charge in [0, 0.05) is 11.1 Å². The van der Waals surface area contributed by atoms with Crippen molar-refractivity contribution < 1.29 is 18.6 Å². The number of hydrazone groups is 1. The van der Waals surface area contributed by atoms with Gasteiger partial charge in [0.25, 0.3) is 5.91 Å². The summed E-state index contributed by atoms with van der Waals surface area (Å²) in [5.74, 6) is -0.659. The number of nitrogens with two attached hydrogens (primary N) is 1. The van der Waals surface area contributed by atoms with Crippen molar-refractivity contribution in [3.63, 3.8) is 0 Å². The summed E-state index contributed by atoms with van der Waals surface area (Å²) in [6, 6.07) is 11.4. The lowest BCUT2D eigenvalue weighted by Crippen LogP contribution is -2.21. The van der Waals surface area contributed by atoms with Crippen LogP contribution in [0, 0.1) is 5.82 Å². The first-order valence-corrected chi connectivity index (χ1v) is 10.8. The molecule has 2 heterocycles. The fourth-order valence-electron chi connectivity index (χ4n) is 3.22. The number of nitrogen functional groups attached to an aromatic ring is 1. The van der Waals surface area contributed by atoms with Gasteiger partial charge in [0.15, 0.2) is 5.69 Å². The van der Waals surface area contributed by atoms with Gasteiger partial charge < -0.3 is 10.5 Å². The highest BCUT2D eigenvalue weighted by atomic mass is 35.5. The summed E-state index contributed by atoms with van der Waals surface area (Å²) in [5.41, 5.74) is 9.44. The monoisotopic (exact) mass is 498 g/mol. The zero-order valence-corrected chi connectivity index (χ0v) is 19.4. The topological polar surface area (TPSA) is 146 Å². The van der Waals surface area contributed by atoms with Crippen LogP contribution < -0.4 is 15.9 Å². The minimum absolute atomic E-state index is 0.00931. The number of amides is 1. The van der Waals surface area contributed by atoms with E-state index >= 15 is 0 Å². The van der Waals surface area contributed by atoms with E-state index in [1.165, 1.54) is 23.0 Å². The van der Waals surface area contributed by atoms with Crippen molar-refractivity contribution in [2.45, 2.75) is 26.4 Å². The summed E-state index contributed by atoms with van der Waals surface area (Å²) in [6.45, 7) is 3.63. The van der Waals surface area contributed by atoms with Crippen LogP contribution in [-0.4, -0.2) is 37.4 Å². The normalized spacial score (nSPS) is 11.3. The molecule has 35 heavy (non-hydrogen) atoms. The smallest absolute Gasteiger partial charge is 0.293 e. The summed E-state index contributed by atoms with van der Waals surface area (Å²) in [7, 11) is 0. The van der Waals surface area contributed by atoms with Gasteiger partial charge in [-0.25, -0.2) is 14.4 Å². The number of nitrogens with zero attached hydrogens (tertiary/aromatic N) is 6. The third-order valence-electron chi connectivity index (χ3n) is 4.89. The van der Waals surface area contributed by atoms with Gasteiger partial charge in [0.2, 0.25) is 11.6 Å². The molecule has 0 aliphatic rings. The molecule has 180 valence electrons. The summed E-state index contributed by atoms with van der Waals surface area (Å²) >= 11 is 6.06. The zero-order chi connectivity index (χ0) is 24.9. The van der Waals surface area contributed by atoms with E-state index in [9.17, 15) is 9.18 Å². The molecule has 3 N–H and O–H groups in total. The van der Waals surface area contributed by atoms with Crippen molar-refractivity contribution in [2.24, 2.45) is 5.10 Å². The second kappa shape index (κ2) is 10.3. The molecule has 0 atom stereocenters. The molecule has 2 aromatic carbocycles. The average Bonchev–Trinajstić information content (AvgIpc) is 3.45. The molecule has 0 unspecified atom stereocenters. The molecule has 4 rings (SSSR count). The predicted octanol–water partition coefficient (Wildman–Crippen LogP) is 3.49. The van der Waals surface area contributed by atoms with Crippen LogP contribution in [0.1, 0.15) is 47.1 Å².